The maximum atomic E-state index is 11.0. The summed E-state index contributed by atoms with van der Waals surface area (Å²) in [5.41, 5.74) is 0.484. The van der Waals surface area contributed by atoms with Crippen molar-refractivity contribution in [1.82, 2.24) is 0 Å². The molecule has 0 N–H and O–H groups in total. The normalized spacial score (nSPS) is 10.9. The van der Waals surface area contributed by atoms with Gasteiger partial charge in [0.2, 0.25) is 10.9 Å². The second kappa shape index (κ2) is 4.58. The van der Waals surface area contributed by atoms with Gasteiger partial charge in [0.25, 0.3) is 0 Å². The van der Waals surface area contributed by atoms with Crippen LogP contribution in [0.25, 0.3) is 11.0 Å². The van der Waals surface area contributed by atoms with Crippen LogP contribution in [0.5, 0.6) is 0 Å². The first-order valence-corrected chi connectivity index (χ1v) is 6.00. The first-order chi connectivity index (χ1) is 8.11. The summed E-state index contributed by atoms with van der Waals surface area (Å²) in [4.78, 5) is 11.0. The number of rotatable bonds is 3. The highest BCUT2D eigenvalue weighted by Crippen LogP contribution is 2.21. The number of fused-ring (bicyclic) bond motifs is 1. The van der Waals surface area contributed by atoms with Crippen LogP contribution in [0.15, 0.2) is 39.5 Å². The second-order valence-corrected chi connectivity index (χ2v) is 4.30. The van der Waals surface area contributed by atoms with Gasteiger partial charge in [-0.1, -0.05) is 0 Å². The molecule has 0 aliphatic heterocycles. The summed E-state index contributed by atoms with van der Waals surface area (Å²) in [6, 6.07) is 7.64. The third-order valence-corrected chi connectivity index (χ3v) is 3.14. The molecule has 2 aromatic rings. The number of hydrogen-bond acceptors (Lipinski definition) is 4. The van der Waals surface area contributed by atoms with Gasteiger partial charge in [-0.05, 0) is 31.2 Å². The second-order valence-electron chi connectivity index (χ2n) is 3.34. The molecule has 0 unspecified atom stereocenters. The zero-order chi connectivity index (χ0) is 12.4. The first-order valence-electron chi connectivity index (χ1n) is 4.87. The van der Waals surface area contributed by atoms with Gasteiger partial charge < -0.3 is 4.42 Å². The number of thiol groups is 1. The molecular weight excluding hydrogens is 242 g/mol. The van der Waals surface area contributed by atoms with Crippen molar-refractivity contribution in [3.8, 4) is 0 Å². The average Bonchev–Trinajstić information content (AvgIpc) is 2.29. The molecule has 0 amide bonds. The third-order valence-electron chi connectivity index (χ3n) is 2.31. The molecule has 1 aromatic heterocycles. The lowest BCUT2D eigenvalue weighted by Crippen LogP contribution is -2.20. The van der Waals surface area contributed by atoms with E-state index < -0.39 is 16.5 Å². The van der Waals surface area contributed by atoms with E-state index >= 15 is 0 Å². The van der Waals surface area contributed by atoms with Crippen LogP contribution >= 0.6 is 0 Å². The topological polar surface area (TPSA) is 67.6 Å². The van der Waals surface area contributed by atoms with Gasteiger partial charge in [0.1, 0.15) is 5.58 Å². The maximum absolute atomic E-state index is 11.0. The van der Waals surface area contributed by atoms with Gasteiger partial charge in [0, 0.05) is 18.0 Å². The molecule has 89 valence electrons. The van der Waals surface area contributed by atoms with E-state index in [4.69, 9.17) is 4.42 Å². The van der Waals surface area contributed by atoms with Gasteiger partial charge in [0.05, 0.1) is 5.69 Å². The van der Waals surface area contributed by atoms with Crippen molar-refractivity contribution in [2.24, 2.45) is 0 Å². The van der Waals surface area contributed by atoms with E-state index in [0.29, 0.717) is 16.7 Å². The summed E-state index contributed by atoms with van der Waals surface area (Å²) < 4.78 is 28.0. The molecule has 1 aromatic carbocycles. The maximum Gasteiger partial charge on any atom is 0.336 e. The van der Waals surface area contributed by atoms with Crippen LogP contribution in [0.4, 0.5) is 5.69 Å². The fourth-order valence-electron chi connectivity index (χ4n) is 1.52. The Balaban J connectivity index is 2.58. The average molecular weight is 252 g/mol. The Morgan fingerprint density at radius 1 is 1.24 bits per heavy atom. The highest BCUT2D eigenvalue weighted by molar-refractivity contribution is 7.74. The van der Waals surface area contributed by atoms with E-state index in [9.17, 15) is 13.2 Å². The van der Waals surface area contributed by atoms with Crippen LogP contribution in [0, 0.1) is 6.92 Å². The largest absolute Gasteiger partial charge is 0.423 e. The molecule has 2 rings (SSSR count). The van der Waals surface area contributed by atoms with E-state index in [1.165, 1.54) is 6.07 Å². The minimum absolute atomic E-state index is 0.112. The third kappa shape index (κ3) is 2.31. The van der Waals surface area contributed by atoms with Crippen molar-refractivity contribution in [1.29, 1.82) is 0 Å². The van der Waals surface area contributed by atoms with Crippen LogP contribution in [0.2, 0.25) is 0 Å². The zero-order valence-electron chi connectivity index (χ0n) is 8.83. The van der Waals surface area contributed by atoms with E-state index in [-0.39, 0.29) is 6.54 Å². The molecule has 0 saturated carbocycles. The zero-order valence-corrected chi connectivity index (χ0v) is 9.72. The quantitative estimate of drug-likeness (QED) is 0.652. The fraction of sp³-hybridized carbons (Fsp3) is 0.0909. The van der Waals surface area contributed by atoms with Gasteiger partial charge in [-0.3, -0.25) is 4.31 Å². The monoisotopic (exact) mass is 252 g/mol. The molecule has 17 heavy (non-hydrogen) atoms. The molecule has 0 bridgehead atoms. The van der Waals surface area contributed by atoms with Crippen LogP contribution in [0.3, 0.4) is 0 Å². The lowest BCUT2D eigenvalue weighted by Gasteiger charge is -2.15. The molecule has 0 saturated heterocycles. The van der Waals surface area contributed by atoms with E-state index in [1.807, 2.05) is 0 Å². The summed E-state index contributed by atoms with van der Waals surface area (Å²) in [6.07, 6.45) is 0. The Labute approximate surface area is 99.4 Å². The smallest absolute Gasteiger partial charge is 0.336 e. The first kappa shape index (κ1) is 11.7. The van der Waals surface area contributed by atoms with Crippen molar-refractivity contribution >= 4 is 27.5 Å². The molecule has 0 atom stereocenters. The summed E-state index contributed by atoms with van der Waals surface area (Å²) in [5, 5.41) is 0.664. The number of anilines is 1. The highest BCUT2D eigenvalue weighted by atomic mass is 32.2. The SMILES string of the molecule is [CH2]CN(c1ccc2oc(=O)ccc2c1)[SH](=O)=O. The Morgan fingerprint density at radius 2 is 2.00 bits per heavy atom. The number of benzene rings is 1. The summed E-state index contributed by atoms with van der Waals surface area (Å²) in [7, 11) is -2.72. The van der Waals surface area contributed by atoms with Gasteiger partial charge >= 0.3 is 5.63 Å². The van der Waals surface area contributed by atoms with Gasteiger partial charge in [-0.25, -0.2) is 13.2 Å². The lowest BCUT2D eigenvalue weighted by atomic mass is 10.2. The molecule has 0 spiro atoms. The predicted octanol–water partition coefficient (Wildman–Crippen LogP) is 0.960. The molecule has 1 radical (unpaired) electrons. The Bertz CT molecular complexity index is 666. The van der Waals surface area contributed by atoms with Crippen LogP contribution in [-0.2, 0) is 10.9 Å². The molecule has 0 aliphatic rings. The van der Waals surface area contributed by atoms with Crippen LogP contribution in [0.1, 0.15) is 0 Å². The van der Waals surface area contributed by atoms with Crippen molar-refractivity contribution < 1.29 is 12.8 Å². The Kier molecular flexibility index (Phi) is 3.14. The summed E-state index contributed by atoms with van der Waals surface area (Å²) in [6.45, 7) is 3.66. The lowest BCUT2D eigenvalue weighted by molar-refractivity contribution is 0.561. The van der Waals surface area contributed by atoms with Gasteiger partial charge in [-0.15, -0.1) is 0 Å². The van der Waals surface area contributed by atoms with E-state index in [0.717, 1.165) is 4.31 Å². The molecule has 1 heterocycles. The van der Waals surface area contributed by atoms with Crippen LogP contribution < -0.4 is 9.93 Å². The van der Waals surface area contributed by atoms with Gasteiger partial charge in [0.15, 0.2) is 0 Å². The minimum Gasteiger partial charge on any atom is -0.423 e. The molecule has 6 heteroatoms. The minimum atomic E-state index is -2.72. The number of hydrogen-bond donors (Lipinski definition) is 1. The van der Waals surface area contributed by atoms with Crippen molar-refractivity contribution in [3.05, 3.63) is 47.7 Å². The summed E-state index contributed by atoms with van der Waals surface area (Å²) >= 11 is 0. The molecule has 0 fully saturated rings. The Hall–Kier alpha value is -1.82. The standard InChI is InChI=1S/C11H10NO4S/c1-2-12(17(14)15)9-4-5-10-8(7-9)3-6-11(13)16-10/h3-7,17H,1-2H2. The van der Waals surface area contributed by atoms with Crippen molar-refractivity contribution in [3.63, 3.8) is 0 Å². The predicted molar refractivity (Wildman–Crippen MR) is 65.5 cm³/mol. The highest BCUT2D eigenvalue weighted by Gasteiger charge is 2.07. The number of nitrogens with zero attached hydrogens (tertiary/aromatic N) is 1. The molecule has 0 aliphatic carbocycles. The Morgan fingerprint density at radius 3 is 2.65 bits per heavy atom. The van der Waals surface area contributed by atoms with Crippen molar-refractivity contribution in [2.75, 3.05) is 10.8 Å². The van der Waals surface area contributed by atoms with Crippen LogP contribution in [-0.4, -0.2) is 15.0 Å². The molecular formula is C11H10NO4S. The van der Waals surface area contributed by atoms with Crippen molar-refractivity contribution in [2.45, 2.75) is 0 Å². The van der Waals surface area contributed by atoms with E-state index in [2.05, 4.69) is 6.92 Å². The molecule has 5 nitrogen and oxygen atoms in total. The van der Waals surface area contributed by atoms with Gasteiger partial charge in [-0.2, -0.15) is 0 Å². The van der Waals surface area contributed by atoms with E-state index in [1.54, 1.807) is 24.3 Å². The summed E-state index contributed by atoms with van der Waals surface area (Å²) in [5.74, 6) is 0. The fourth-order valence-corrected chi connectivity index (χ4v) is 2.00.